The zero-order valence-corrected chi connectivity index (χ0v) is 11.9. The SMILES string of the molecule is COc1ccccc1N(C)c1nc(N)nc2ccccc12. The van der Waals surface area contributed by atoms with Gasteiger partial charge >= 0.3 is 0 Å². The van der Waals surface area contributed by atoms with Gasteiger partial charge in [0.15, 0.2) is 0 Å². The molecule has 3 rings (SSSR count). The molecule has 1 heterocycles. The summed E-state index contributed by atoms with van der Waals surface area (Å²) in [5.74, 6) is 1.79. The number of methoxy groups -OCH3 is 1. The molecule has 0 aliphatic heterocycles. The van der Waals surface area contributed by atoms with Gasteiger partial charge in [-0.1, -0.05) is 24.3 Å². The fourth-order valence-corrected chi connectivity index (χ4v) is 2.35. The van der Waals surface area contributed by atoms with E-state index in [9.17, 15) is 0 Å². The number of hydrogen-bond acceptors (Lipinski definition) is 5. The number of hydrogen-bond donors (Lipinski definition) is 1. The predicted molar refractivity (Wildman–Crippen MR) is 85.0 cm³/mol. The van der Waals surface area contributed by atoms with Crippen molar-refractivity contribution in [3.8, 4) is 5.75 Å². The zero-order valence-electron chi connectivity index (χ0n) is 11.9. The summed E-state index contributed by atoms with van der Waals surface area (Å²) in [6.45, 7) is 0. The molecule has 1 aromatic heterocycles. The number of ether oxygens (including phenoxy) is 1. The largest absolute Gasteiger partial charge is 0.495 e. The molecule has 0 saturated heterocycles. The van der Waals surface area contributed by atoms with Gasteiger partial charge in [0.25, 0.3) is 0 Å². The van der Waals surface area contributed by atoms with E-state index in [1.807, 2.05) is 60.5 Å². The summed E-state index contributed by atoms with van der Waals surface area (Å²) in [5.41, 5.74) is 7.57. The van der Waals surface area contributed by atoms with Crippen molar-refractivity contribution in [1.29, 1.82) is 0 Å². The summed E-state index contributed by atoms with van der Waals surface area (Å²) in [5, 5.41) is 0.945. The number of para-hydroxylation sites is 3. The van der Waals surface area contributed by atoms with Crippen LogP contribution in [0.4, 0.5) is 17.5 Å². The summed E-state index contributed by atoms with van der Waals surface area (Å²) >= 11 is 0. The Labute approximate surface area is 123 Å². The molecule has 5 heteroatoms. The monoisotopic (exact) mass is 280 g/mol. The number of rotatable bonds is 3. The molecular weight excluding hydrogens is 264 g/mol. The van der Waals surface area contributed by atoms with E-state index in [2.05, 4.69) is 9.97 Å². The normalized spacial score (nSPS) is 10.6. The Morgan fingerprint density at radius 1 is 1.00 bits per heavy atom. The van der Waals surface area contributed by atoms with Crippen LogP contribution in [0.1, 0.15) is 0 Å². The molecule has 5 nitrogen and oxygen atoms in total. The van der Waals surface area contributed by atoms with Gasteiger partial charge in [-0.15, -0.1) is 0 Å². The highest BCUT2D eigenvalue weighted by Gasteiger charge is 2.14. The summed E-state index contributed by atoms with van der Waals surface area (Å²) in [6.07, 6.45) is 0. The lowest BCUT2D eigenvalue weighted by atomic mass is 10.2. The maximum absolute atomic E-state index is 5.83. The van der Waals surface area contributed by atoms with Crippen molar-refractivity contribution in [2.24, 2.45) is 0 Å². The van der Waals surface area contributed by atoms with Crippen LogP contribution < -0.4 is 15.4 Å². The Morgan fingerprint density at radius 3 is 2.52 bits per heavy atom. The van der Waals surface area contributed by atoms with E-state index in [1.54, 1.807) is 7.11 Å². The van der Waals surface area contributed by atoms with Gasteiger partial charge in [-0.25, -0.2) is 4.98 Å². The third-order valence-electron chi connectivity index (χ3n) is 3.36. The molecule has 0 saturated carbocycles. The first kappa shape index (κ1) is 13.2. The van der Waals surface area contributed by atoms with Gasteiger partial charge < -0.3 is 15.4 Å². The van der Waals surface area contributed by atoms with E-state index >= 15 is 0 Å². The molecular formula is C16H16N4O. The average Bonchev–Trinajstić information content (AvgIpc) is 2.53. The summed E-state index contributed by atoms with van der Waals surface area (Å²) in [7, 11) is 3.59. The van der Waals surface area contributed by atoms with E-state index in [-0.39, 0.29) is 5.95 Å². The van der Waals surface area contributed by atoms with Crippen LogP contribution in [0.25, 0.3) is 10.9 Å². The molecule has 0 atom stereocenters. The van der Waals surface area contributed by atoms with E-state index in [4.69, 9.17) is 10.5 Å². The molecule has 0 bridgehead atoms. The minimum absolute atomic E-state index is 0.255. The van der Waals surface area contributed by atoms with Gasteiger partial charge in [0.1, 0.15) is 11.6 Å². The summed E-state index contributed by atoms with van der Waals surface area (Å²) in [6, 6.07) is 15.6. The molecule has 106 valence electrons. The Morgan fingerprint density at radius 2 is 1.71 bits per heavy atom. The van der Waals surface area contributed by atoms with E-state index < -0.39 is 0 Å². The summed E-state index contributed by atoms with van der Waals surface area (Å²) < 4.78 is 5.41. The van der Waals surface area contributed by atoms with Crippen molar-refractivity contribution in [1.82, 2.24) is 9.97 Å². The topological polar surface area (TPSA) is 64.3 Å². The lowest BCUT2D eigenvalue weighted by molar-refractivity contribution is 0.415. The third-order valence-corrected chi connectivity index (χ3v) is 3.36. The molecule has 0 amide bonds. The van der Waals surface area contributed by atoms with Gasteiger partial charge in [-0.2, -0.15) is 4.98 Å². The van der Waals surface area contributed by atoms with Crippen molar-refractivity contribution < 1.29 is 4.74 Å². The van der Waals surface area contributed by atoms with Crippen molar-refractivity contribution in [2.45, 2.75) is 0 Å². The van der Waals surface area contributed by atoms with Crippen LogP contribution in [0.15, 0.2) is 48.5 Å². The standard InChI is InChI=1S/C16H16N4O/c1-20(13-9-5-6-10-14(13)21-2)15-11-7-3-4-8-12(11)18-16(17)19-15/h3-10H,1-2H3,(H2,17,18,19). The number of aromatic nitrogens is 2. The average molecular weight is 280 g/mol. The number of anilines is 3. The van der Waals surface area contributed by atoms with E-state index in [0.717, 1.165) is 28.2 Å². The van der Waals surface area contributed by atoms with E-state index in [0.29, 0.717) is 0 Å². The van der Waals surface area contributed by atoms with Crippen LogP contribution in [-0.2, 0) is 0 Å². The van der Waals surface area contributed by atoms with Gasteiger partial charge in [0.2, 0.25) is 5.95 Å². The Bertz CT molecular complexity index is 788. The predicted octanol–water partition coefficient (Wildman–Crippen LogP) is 2.99. The number of fused-ring (bicyclic) bond motifs is 1. The second-order valence-electron chi connectivity index (χ2n) is 4.65. The Kier molecular flexibility index (Phi) is 3.31. The maximum Gasteiger partial charge on any atom is 0.222 e. The maximum atomic E-state index is 5.83. The summed E-state index contributed by atoms with van der Waals surface area (Å²) in [4.78, 5) is 10.6. The molecule has 0 aliphatic carbocycles. The minimum Gasteiger partial charge on any atom is -0.495 e. The molecule has 0 fully saturated rings. The third kappa shape index (κ3) is 2.33. The smallest absolute Gasteiger partial charge is 0.222 e. The number of nitrogen functional groups attached to an aromatic ring is 1. The zero-order chi connectivity index (χ0) is 14.8. The van der Waals surface area contributed by atoms with Crippen LogP contribution in [0.3, 0.4) is 0 Å². The number of nitrogens with zero attached hydrogens (tertiary/aromatic N) is 3. The fourth-order valence-electron chi connectivity index (χ4n) is 2.35. The molecule has 21 heavy (non-hydrogen) atoms. The molecule has 0 spiro atoms. The minimum atomic E-state index is 0.255. The van der Waals surface area contributed by atoms with Crippen molar-refractivity contribution in [3.05, 3.63) is 48.5 Å². The second-order valence-corrected chi connectivity index (χ2v) is 4.65. The molecule has 3 aromatic rings. The first-order valence-corrected chi connectivity index (χ1v) is 6.59. The van der Waals surface area contributed by atoms with Gasteiger partial charge in [-0.05, 0) is 24.3 Å². The molecule has 0 radical (unpaired) electrons. The van der Waals surface area contributed by atoms with Crippen molar-refractivity contribution in [3.63, 3.8) is 0 Å². The first-order chi connectivity index (χ1) is 10.2. The van der Waals surface area contributed by atoms with Gasteiger partial charge in [-0.3, -0.25) is 0 Å². The molecule has 2 N–H and O–H groups in total. The van der Waals surface area contributed by atoms with Gasteiger partial charge in [0.05, 0.1) is 18.3 Å². The highest BCUT2D eigenvalue weighted by atomic mass is 16.5. The molecule has 0 unspecified atom stereocenters. The lowest BCUT2D eigenvalue weighted by Gasteiger charge is -2.22. The number of nitrogens with two attached hydrogens (primary N) is 1. The lowest BCUT2D eigenvalue weighted by Crippen LogP contribution is -2.14. The highest BCUT2D eigenvalue weighted by molar-refractivity contribution is 5.92. The van der Waals surface area contributed by atoms with E-state index in [1.165, 1.54) is 0 Å². The second kappa shape index (κ2) is 5.28. The van der Waals surface area contributed by atoms with Crippen LogP contribution in [0.2, 0.25) is 0 Å². The fraction of sp³-hybridized carbons (Fsp3) is 0.125. The highest BCUT2D eigenvalue weighted by Crippen LogP contribution is 2.34. The molecule has 2 aromatic carbocycles. The van der Waals surface area contributed by atoms with Crippen LogP contribution in [-0.4, -0.2) is 24.1 Å². The number of benzene rings is 2. The van der Waals surface area contributed by atoms with Gasteiger partial charge in [0, 0.05) is 12.4 Å². The van der Waals surface area contributed by atoms with Crippen molar-refractivity contribution in [2.75, 3.05) is 24.8 Å². The van der Waals surface area contributed by atoms with Crippen LogP contribution in [0.5, 0.6) is 5.75 Å². The van der Waals surface area contributed by atoms with Crippen molar-refractivity contribution >= 4 is 28.4 Å². The van der Waals surface area contributed by atoms with Crippen LogP contribution >= 0.6 is 0 Å². The van der Waals surface area contributed by atoms with Crippen LogP contribution in [0, 0.1) is 0 Å². The Hall–Kier alpha value is -2.82. The Balaban J connectivity index is 2.20. The molecule has 0 aliphatic rings. The first-order valence-electron chi connectivity index (χ1n) is 6.59. The quantitative estimate of drug-likeness (QED) is 0.799.